The monoisotopic (exact) mass is 860 g/mol. The lowest BCUT2D eigenvalue weighted by Crippen LogP contribution is -2.58. The molecule has 17 nitrogen and oxygen atoms in total. The van der Waals surface area contributed by atoms with Crippen molar-refractivity contribution in [3.8, 4) is 0 Å². The van der Waals surface area contributed by atoms with E-state index in [1.54, 1.807) is 44.3 Å². The number of para-hydroxylation sites is 1. The Hall–Kier alpha value is -6.23. The molecule has 17 heteroatoms. The molecule has 0 aliphatic carbocycles. The lowest BCUT2D eigenvalue weighted by molar-refractivity contribution is -0.137. The summed E-state index contributed by atoms with van der Waals surface area (Å²) in [5, 5.41) is 20.4. The number of rotatable bonds is 21. The molecule has 1 aromatic heterocycles. The fourth-order valence-electron chi connectivity index (χ4n) is 7.03. The Kier molecular flexibility index (Phi) is 18.2. The number of aryl methyl sites for hydroxylation is 1. The number of benzene rings is 2. The number of ether oxygens (including phenoxy) is 1. The second kappa shape index (κ2) is 22.6. The number of nitrogens with one attached hydrogen (secondary N) is 4. The van der Waals surface area contributed by atoms with E-state index < -0.39 is 65.8 Å². The summed E-state index contributed by atoms with van der Waals surface area (Å²) in [4.78, 5) is 92.6. The fourth-order valence-corrected chi connectivity index (χ4v) is 7.03. The van der Waals surface area contributed by atoms with Crippen LogP contribution in [0.3, 0.4) is 0 Å². The van der Waals surface area contributed by atoms with Gasteiger partial charge in [0.25, 0.3) is 0 Å². The Bertz CT molecular complexity index is 2110. The van der Waals surface area contributed by atoms with Crippen LogP contribution in [0.5, 0.6) is 0 Å². The van der Waals surface area contributed by atoms with Crippen LogP contribution < -0.4 is 27.0 Å². The van der Waals surface area contributed by atoms with Gasteiger partial charge < -0.3 is 46.3 Å². The molecule has 1 heterocycles. The van der Waals surface area contributed by atoms with Gasteiger partial charge in [-0.1, -0.05) is 78.0 Å². The summed E-state index contributed by atoms with van der Waals surface area (Å²) in [6.07, 6.45) is 3.00. The van der Waals surface area contributed by atoms with Gasteiger partial charge in [-0.05, 0) is 54.5 Å². The first-order chi connectivity index (χ1) is 29.1. The van der Waals surface area contributed by atoms with Crippen molar-refractivity contribution in [2.75, 3.05) is 39.0 Å². The molecular weight excluding hydrogens is 797 g/mol. The molecule has 3 rings (SSSR count). The molecule has 62 heavy (non-hydrogen) atoms. The summed E-state index contributed by atoms with van der Waals surface area (Å²) in [5.41, 5.74) is 7.94. The summed E-state index contributed by atoms with van der Waals surface area (Å²) >= 11 is 0. The molecule has 2 aromatic carbocycles. The predicted octanol–water partition coefficient (Wildman–Crippen LogP) is 3.66. The number of nitrogens with zero attached hydrogens (tertiary/aromatic N) is 3. The number of fused-ring (bicyclic) bond motifs is 1. The van der Waals surface area contributed by atoms with Gasteiger partial charge in [-0.15, -0.1) is 0 Å². The van der Waals surface area contributed by atoms with Crippen LogP contribution >= 0.6 is 0 Å². The van der Waals surface area contributed by atoms with Gasteiger partial charge in [0.2, 0.25) is 29.5 Å². The zero-order chi connectivity index (χ0) is 46.5. The molecule has 0 saturated heterocycles. The summed E-state index contributed by atoms with van der Waals surface area (Å²) in [6.45, 7) is 12.1. The highest BCUT2D eigenvalue weighted by atomic mass is 16.6. The molecule has 0 spiro atoms. The van der Waals surface area contributed by atoms with Gasteiger partial charge in [0.05, 0.1) is 25.2 Å². The number of nitrogens with two attached hydrogens (primary N) is 1. The first kappa shape index (κ1) is 50.1. The largest absolute Gasteiger partial charge is 0.481 e. The topological polar surface area (TPSA) is 234 Å². The molecule has 0 radical (unpaired) electrons. The van der Waals surface area contributed by atoms with Crippen LogP contribution in [-0.2, 0) is 52.6 Å². The average Bonchev–Trinajstić information content (AvgIpc) is 3.57. The van der Waals surface area contributed by atoms with E-state index in [2.05, 4.69) is 21.3 Å². The van der Waals surface area contributed by atoms with Gasteiger partial charge >= 0.3 is 12.1 Å². The van der Waals surface area contributed by atoms with Gasteiger partial charge in [0.1, 0.15) is 12.6 Å². The van der Waals surface area contributed by atoms with E-state index in [-0.39, 0.29) is 50.3 Å². The molecule has 3 aromatic rings. The summed E-state index contributed by atoms with van der Waals surface area (Å²) < 4.78 is 7.65. The smallest absolute Gasteiger partial charge is 0.410 e. The van der Waals surface area contributed by atoms with Crippen LogP contribution in [0.2, 0.25) is 0 Å². The van der Waals surface area contributed by atoms with Gasteiger partial charge in [0.15, 0.2) is 0 Å². The Labute approximate surface area is 363 Å². The van der Waals surface area contributed by atoms with Crippen LogP contribution in [0.15, 0.2) is 66.4 Å². The zero-order valence-electron chi connectivity index (χ0n) is 37.5. The van der Waals surface area contributed by atoms with Gasteiger partial charge in [-0.2, -0.15) is 0 Å². The number of aliphatic carboxylic acids is 1. The van der Waals surface area contributed by atoms with Crippen molar-refractivity contribution in [3.63, 3.8) is 0 Å². The number of carbonyl (C=O) groups is 7. The zero-order valence-corrected chi connectivity index (χ0v) is 37.5. The van der Waals surface area contributed by atoms with Gasteiger partial charge in [-0.3, -0.25) is 33.7 Å². The molecule has 3 atom stereocenters. The molecular formula is C45H64N8O9. The number of amides is 6. The van der Waals surface area contributed by atoms with Crippen LogP contribution in [0.25, 0.3) is 10.9 Å². The molecule has 0 aliphatic heterocycles. The Morgan fingerprint density at radius 1 is 0.871 bits per heavy atom. The highest BCUT2D eigenvalue weighted by Gasteiger charge is 2.44. The standard InChI is InChI=1S/C45H64N8O9/c1-27(2)35(22-29(5)41(58)47-21-13-16-38(56)57)52(9)37(55)24-49-43(60)40(45(6,7)33-25-51(8)34-15-12-11-14-32(33)34)53(10)44(61)62-26-30-17-19-31(20-18-30)50-36(54)23-48-42(59)39(46)28(3)4/h11-12,14-15,17-20,22,25,27-28,35,39-40H,13,16,21,23-24,26,46H2,1-10H3,(H,47,58)(H,48,59)(H,49,60)(H,50,54)(H,56,57)/b29-22+/t35?,39?,40-/m1/s1. The second-order valence-corrected chi connectivity index (χ2v) is 16.8. The summed E-state index contributed by atoms with van der Waals surface area (Å²) in [6, 6.07) is 11.9. The van der Waals surface area contributed by atoms with E-state index in [4.69, 9.17) is 15.6 Å². The molecule has 0 bridgehead atoms. The summed E-state index contributed by atoms with van der Waals surface area (Å²) in [7, 11) is 4.94. The molecule has 7 N–H and O–H groups in total. The SMILES string of the molecule is C/C(=C\C(C(C)C)N(C)C(=O)CNC(=O)[C@@H](N(C)C(=O)OCc1ccc(NC(=O)CNC(=O)C(N)C(C)C)cc1)C(C)(C)c1cn(C)c2ccccc12)C(=O)NCCCC(=O)O. The number of likely N-dealkylation sites (N-methyl/N-ethyl adjacent to an activating group) is 2. The third-order valence-corrected chi connectivity index (χ3v) is 10.8. The van der Waals surface area contributed by atoms with Crippen molar-refractivity contribution in [2.45, 2.75) is 91.5 Å². The minimum absolute atomic E-state index is 0.0730. The van der Waals surface area contributed by atoms with Crippen LogP contribution in [0, 0.1) is 11.8 Å². The van der Waals surface area contributed by atoms with Crippen LogP contribution in [-0.4, -0.2) is 113 Å². The minimum atomic E-state index is -1.17. The number of hydrogen-bond acceptors (Lipinski definition) is 9. The molecule has 338 valence electrons. The lowest BCUT2D eigenvalue weighted by atomic mass is 9.76. The fraction of sp³-hybridized carbons (Fsp3) is 0.489. The number of aromatic nitrogens is 1. The first-order valence-electron chi connectivity index (χ1n) is 20.6. The maximum absolute atomic E-state index is 14.4. The maximum Gasteiger partial charge on any atom is 0.410 e. The minimum Gasteiger partial charge on any atom is -0.481 e. The highest BCUT2D eigenvalue weighted by molar-refractivity contribution is 5.96. The van der Waals surface area contributed by atoms with Crippen molar-refractivity contribution in [2.24, 2.45) is 24.6 Å². The Balaban J connectivity index is 1.77. The molecule has 6 amide bonds. The van der Waals surface area contributed by atoms with E-state index in [1.807, 2.05) is 83.6 Å². The quantitative estimate of drug-likeness (QED) is 0.0672. The number of carboxylic acid groups (broad SMARTS) is 1. The molecule has 0 aliphatic rings. The number of hydrogen-bond donors (Lipinski definition) is 6. The Morgan fingerprint density at radius 2 is 1.50 bits per heavy atom. The average molecular weight is 861 g/mol. The summed E-state index contributed by atoms with van der Waals surface area (Å²) in [5.74, 6) is -3.43. The molecule has 2 unspecified atom stereocenters. The number of carboxylic acids is 1. The number of anilines is 1. The van der Waals surface area contributed by atoms with Crippen molar-refractivity contribution in [1.82, 2.24) is 30.3 Å². The highest BCUT2D eigenvalue weighted by Crippen LogP contribution is 2.36. The van der Waals surface area contributed by atoms with Crippen molar-refractivity contribution in [1.29, 1.82) is 0 Å². The van der Waals surface area contributed by atoms with E-state index in [9.17, 15) is 33.6 Å². The van der Waals surface area contributed by atoms with Gasteiger partial charge in [-0.25, -0.2) is 4.79 Å². The van der Waals surface area contributed by atoms with E-state index in [0.29, 0.717) is 16.8 Å². The van der Waals surface area contributed by atoms with E-state index in [1.165, 1.54) is 16.8 Å². The molecule has 0 saturated carbocycles. The third-order valence-electron chi connectivity index (χ3n) is 10.8. The van der Waals surface area contributed by atoms with Crippen molar-refractivity contribution >= 4 is 58.2 Å². The third kappa shape index (κ3) is 13.6. The van der Waals surface area contributed by atoms with Gasteiger partial charge in [0, 0.05) is 67.9 Å². The second-order valence-electron chi connectivity index (χ2n) is 16.8. The van der Waals surface area contributed by atoms with Crippen molar-refractivity contribution in [3.05, 3.63) is 77.5 Å². The van der Waals surface area contributed by atoms with Crippen LogP contribution in [0.4, 0.5) is 10.5 Å². The lowest BCUT2D eigenvalue weighted by Gasteiger charge is -2.39. The first-order valence-corrected chi connectivity index (χ1v) is 20.6. The van der Waals surface area contributed by atoms with E-state index in [0.717, 1.165) is 16.5 Å². The normalized spacial score (nSPS) is 13.2. The maximum atomic E-state index is 14.4. The Morgan fingerprint density at radius 3 is 2.11 bits per heavy atom. The van der Waals surface area contributed by atoms with Crippen molar-refractivity contribution < 1.29 is 43.4 Å². The number of carbonyl (C=O) groups excluding carboxylic acids is 6. The van der Waals surface area contributed by atoms with Crippen LogP contribution in [0.1, 0.15) is 72.4 Å². The van der Waals surface area contributed by atoms with E-state index >= 15 is 0 Å². The molecule has 0 fully saturated rings. The predicted molar refractivity (Wildman–Crippen MR) is 237 cm³/mol.